The van der Waals surface area contributed by atoms with Crippen molar-refractivity contribution in [2.45, 2.75) is 11.8 Å². The van der Waals surface area contributed by atoms with Crippen LogP contribution in [0, 0.1) is 0 Å². The van der Waals surface area contributed by atoms with Gasteiger partial charge >= 0.3 is 0 Å². The zero-order valence-electron chi connectivity index (χ0n) is 32.3. The summed E-state index contributed by atoms with van der Waals surface area (Å²) >= 11 is 0. The summed E-state index contributed by atoms with van der Waals surface area (Å²) < 4.78 is 0. The molecule has 0 radical (unpaired) electrons. The second-order valence-corrected chi connectivity index (χ2v) is 15.5. The number of fused-ring (bicyclic) bond motifs is 1. The zero-order chi connectivity index (χ0) is 39.6. The van der Waals surface area contributed by atoms with Gasteiger partial charge in [-0.1, -0.05) is 176 Å². The average Bonchev–Trinajstić information content (AvgIpc) is 3.34. The Morgan fingerprint density at radius 1 is 0.217 bits per heavy atom. The first-order valence-electron chi connectivity index (χ1n) is 20.3. The van der Waals surface area contributed by atoms with E-state index in [4.69, 9.17) is 29.9 Å². The maximum Gasteiger partial charge on any atom is 0.164 e. The lowest BCUT2D eigenvalue weighted by Gasteiger charge is -2.42. The molecule has 2 aromatic heterocycles. The Balaban J connectivity index is 0.989. The molecule has 2 heterocycles. The van der Waals surface area contributed by atoms with Crippen LogP contribution in [-0.4, -0.2) is 29.9 Å². The van der Waals surface area contributed by atoms with E-state index < -0.39 is 0 Å². The molecule has 2 atom stereocenters. The first-order chi connectivity index (χ1) is 29.7. The largest absolute Gasteiger partial charge is 0.208 e. The van der Waals surface area contributed by atoms with Gasteiger partial charge < -0.3 is 0 Å². The summed E-state index contributed by atoms with van der Waals surface area (Å²) in [7, 11) is 0. The molecule has 280 valence electrons. The van der Waals surface area contributed by atoms with Gasteiger partial charge in [0.1, 0.15) is 0 Å². The minimum Gasteiger partial charge on any atom is -0.208 e. The van der Waals surface area contributed by atoms with Crippen LogP contribution in [0.1, 0.15) is 45.2 Å². The molecular formula is C54H34N6. The van der Waals surface area contributed by atoms with Crippen molar-refractivity contribution in [2.75, 3.05) is 0 Å². The Morgan fingerprint density at radius 3 is 0.967 bits per heavy atom. The van der Waals surface area contributed by atoms with E-state index in [1.54, 1.807) is 0 Å². The lowest BCUT2D eigenvalue weighted by atomic mass is 9.61. The van der Waals surface area contributed by atoms with Gasteiger partial charge in [-0.3, -0.25) is 0 Å². The summed E-state index contributed by atoms with van der Waals surface area (Å²) in [6.45, 7) is 0. The van der Waals surface area contributed by atoms with Gasteiger partial charge in [-0.05, 0) is 62.4 Å². The Morgan fingerprint density at radius 2 is 0.533 bits per heavy atom. The van der Waals surface area contributed by atoms with Crippen molar-refractivity contribution in [1.82, 2.24) is 29.9 Å². The number of hydrogen-bond donors (Lipinski definition) is 0. The van der Waals surface area contributed by atoms with E-state index in [1.165, 1.54) is 38.8 Å². The summed E-state index contributed by atoms with van der Waals surface area (Å²) in [4.78, 5) is 30.4. The Hall–Kier alpha value is -7.96. The zero-order valence-corrected chi connectivity index (χ0v) is 32.3. The number of rotatable bonds is 6. The third-order valence-electron chi connectivity index (χ3n) is 11.9. The average molecular weight is 767 g/mol. The van der Waals surface area contributed by atoms with Crippen molar-refractivity contribution in [3.8, 4) is 68.3 Å². The highest BCUT2D eigenvalue weighted by molar-refractivity contribution is 5.87. The van der Waals surface area contributed by atoms with Crippen LogP contribution in [0.3, 0.4) is 0 Å². The molecule has 0 saturated heterocycles. The van der Waals surface area contributed by atoms with Gasteiger partial charge in [-0.15, -0.1) is 0 Å². The normalized spacial score (nSPS) is 14.7. The van der Waals surface area contributed by atoms with Crippen molar-refractivity contribution in [2.24, 2.45) is 0 Å². The van der Waals surface area contributed by atoms with E-state index in [-0.39, 0.29) is 11.8 Å². The molecule has 0 amide bonds. The molecule has 0 saturated carbocycles. The predicted molar refractivity (Wildman–Crippen MR) is 238 cm³/mol. The maximum atomic E-state index is 5.17. The van der Waals surface area contributed by atoms with E-state index in [0.717, 1.165) is 38.8 Å². The third-order valence-corrected chi connectivity index (χ3v) is 11.9. The van der Waals surface area contributed by atoms with Gasteiger partial charge in [-0.2, -0.15) is 0 Å². The molecule has 3 aliphatic carbocycles. The smallest absolute Gasteiger partial charge is 0.164 e. The predicted octanol–water partition coefficient (Wildman–Crippen LogP) is 12.2. The van der Waals surface area contributed by atoms with E-state index in [0.29, 0.717) is 34.9 Å². The van der Waals surface area contributed by atoms with Gasteiger partial charge in [-0.25, -0.2) is 29.9 Å². The molecular weight excluding hydrogens is 733 g/mol. The minimum absolute atomic E-state index is 0.0405. The third kappa shape index (κ3) is 5.72. The fourth-order valence-electron chi connectivity index (χ4n) is 9.11. The summed E-state index contributed by atoms with van der Waals surface area (Å²) in [5.74, 6) is 3.99. The van der Waals surface area contributed by atoms with Gasteiger partial charge in [0.15, 0.2) is 34.9 Å². The van der Waals surface area contributed by atoms with Crippen molar-refractivity contribution in [3.63, 3.8) is 0 Å². The highest BCUT2D eigenvalue weighted by Crippen LogP contribution is 2.56. The van der Waals surface area contributed by atoms with Crippen LogP contribution in [0.25, 0.3) is 79.1 Å². The fraction of sp³-hybridized carbons (Fsp3) is 0.0370. The SMILES string of the molecule is c1ccc(-c2nc(-c3ccccc3)nc(-c3ccc4c(c3)C3c5ccccc5C4c4cc(-c5nc(-c6ccccc6)nc(-c6ccc7ccccc7c6)n5)ccc43)n2)cc1. The molecule has 8 aromatic carbocycles. The highest BCUT2D eigenvalue weighted by Gasteiger charge is 2.41. The maximum absolute atomic E-state index is 5.17. The molecule has 3 aliphatic rings. The van der Waals surface area contributed by atoms with Gasteiger partial charge in [0.2, 0.25) is 0 Å². The summed E-state index contributed by atoms with van der Waals surface area (Å²) in [6, 6.07) is 67.7. The summed E-state index contributed by atoms with van der Waals surface area (Å²) in [6.07, 6.45) is 0. The molecule has 2 unspecified atom stereocenters. The molecule has 2 bridgehead atoms. The van der Waals surface area contributed by atoms with E-state index in [1.807, 2.05) is 78.9 Å². The molecule has 0 fully saturated rings. The molecule has 13 rings (SSSR count). The fourth-order valence-corrected chi connectivity index (χ4v) is 9.11. The van der Waals surface area contributed by atoms with Crippen LogP contribution in [0.15, 0.2) is 194 Å². The molecule has 60 heavy (non-hydrogen) atoms. The van der Waals surface area contributed by atoms with Gasteiger partial charge in [0, 0.05) is 45.2 Å². The van der Waals surface area contributed by atoms with Crippen LogP contribution in [0.4, 0.5) is 0 Å². The second kappa shape index (κ2) is 13.9. The van der Waals surface area contributed by atoms with Crippen LogP contribution >= 0.6 is 0 Å². The molecule has 0 N–H and O–H groups in total. The van der Waals surface area contributed by atoms with Crippen LogP contribution in [0.5, 0.6) is 0 Å². The number of benzene rings is 8. The molecule has 0 aliphatic heterocycles. The standard InChI is InChI=1S/C54H34N6/c1-4-15-34(16-5-1)49-55-50(35-17-6-2-7-18-35)58-53(57-49)39-26-28-43-45(31-39)47-41-22-12-13-23-42(41)48(43)46-32-40(27-29-44(46)47)54-59-51(36-19-8-3-9-20-36)56-52(60-54)38-25-24-33-14-10-11-21-37(33)30-38/h1-32,47-48H. The second-order valence-electron chi connectivity index (χ2n) is 15.5. The topological polar surface area (TPSA) is 77.3 Å². The minimum atomic E-state index is 0.0405. The van der Waals surface area contributed by atoms with E-state index in [9.17, 15) is 0 Å². The van der Waals surface area contributed by atoms with Gasteiger partial charge in [0.05, 0.1) is 0 Å². The lowest BCUT2D eigenvalue weighted by Crippen LogP contribution is -2.27. The Labute approximate surface area is 347 Å². The molecule has 6 nitrogen and oxygen atoms in total. The van der Waals surface area contributed by atoms with Crippen LogP contribution in [0.2, 0.25) is 0 Å². The monoisotopic (exact) mass is 766 g/mol. The Bertz CT molecular complexity index is 3220. The van der Waals surface area contributed by atoms with Crippen molar-refractivity contribution in [1.29, 1.82) is 0 Å². The number of hydrogen-bond acceptors (Lipinski definition) is 6. The first kappa shape index (κ1) is 34.1. The number of nitrogens with zero attached hydrogens (tertiary/aromatic N) is 6. The van der Waals surface area contributed by atoms with E-state index >= 15 is 0 Å². The first-order valence-corrected chi connectivity index (χ1v) is 20.3. The van der Waals surface area contributed by atoms with E-state index in [2.05, 4.69) is 115 Å². The summed E-state index contributed by atoms with van der Waals surface area (Å²) in [5, 5.41) is 2.32. The molecule has 6 heteroatoms. The highest BCUT2D eigenvalue weighted by atomic mass is 15.0. The Kier molecular flexibility index (Phi) is 7.88. The van der Waals surface area contributed by atoms with Crippen LogP contribution in [-0.2, 0) is 0 Å². The molecule has 10 aromatic rings. The molecule has 0 spiro atoms. The van der Waals surface area contributed by atoms with Gasteiger partial charge in [0.25, 0.3) is 0 Å². The van der Waals surface area contributed by atoms with Crippen molar-refractivity contribution < 1.29 is 0 Å². The number of aromatic nitrogens is 6. The van der Waals surface area contributed by atoms with Crippen LogP contribution < -0.4 is 0 Å². The quantitative estimate of drug-likeness (QED) is 0.168. The summed E-state index contributed by atoms with van der Waals surface area (Å²) in [5.41, 5.74) is 13.6. The van der Waals surface area contributed by atoms with Crippen molar-refractivity contribution in [3.05, 3.63) is 228 Å². The lowest BCUT2D eigenvalue weighted by molar-refractivity contribution is 0.754. The van der Waals surface area contributed by atoms with Crippen molar-refractivity contribution >= 4 is 10.8 Å².